The van der Waals surface area contributed by atoms with E-state index < -0.39 is 0 Å². The SMILES string of the molecule is CCCCCCCCC1(CCCCCCCC)c2cc(C)ccc2-c2ccc(-c3cc(-c4ccccc4)c4cc(-c5ccccc5)ccc4n3)cc21. The second-order valence-corrected chi connectivity index (χ2v) is 15.4. The van der Waals surface area contributed by atoms with Crippen LogP contribution in [0.3, 0.4) is 0 Å². The highest BCUT2D eigenvalue weighted by Gasteiger charge is 2.42. The topological polar surface area (TPSA) is 12.9 Å². The van der Waals surface area contributed by atoms with Crippen LogP contribution in [-0.2, 0) is 5.41 Å². The molecule has 5 aromatic carbocycles. The third kappa shape index (κ3) is 7.66. The summed E-state index contributed by atoms with van der Waals surface area (Å²) in [4.78, 5) is 5.41. The Hall–Kier alpha value is -4.49. The summed E-state index contributed by atoms with van der Waals surface area (Å²) in [6.45, 7) is 6.91. The van der Waals surface area contributed by atoms with Gasteiger partial charge in [0.05, 0.1) is 11.2 Å². The van der Waals surface area contributed by atoms with Crippen molar-refractivity contribution >= 4 is 10.9 Å². The number of nitrogens with zero attached hydrogens (tertiary/aromatic N) is 1. The predicted octanol–water partition coefficient (Wildman–Crippen LogP) is 15.3. The molecule has 52 heavy (non-hydrogen) atoms. The summed E-state index contributed by atoms with van der Waals surface area (Å²) in [5.41, 5.74) is 15.7. The van der Waals surface area contributed by atoms with E-state index in [1.807, 2.05) is 0 Å². The van der Waals surface area contributed by atoms with Gasteiger partial charge in [0.1, 0.15) is 0 Å². The van der Waals surface area contributed by atoms with Crippen LogP contribution in [0.4, 0.5) is 0 Å². The molecule has 0 fully saturated rings. The highest BCUT2D eigenvalue weighted by Crippen LogP contribution is 2.55. The molecule has 0 atom stereocenters. The summed E-state index contributed by atoms with van der Waals surface area (Å²) in [6, 6.07) is 45.3. The van der Waals surface area contributed by atoms with Gasteiger partial charge in [-0.15, -0.1) is 0 Å². The number of pyridine rings is 1. The molecule has 0 bridgehead atoms. The van der Waals surface area contributed by atoms with Crippen LogP contribution < -0.4 is 0 Å². The first kappa shape index (κ1) is 35.9. The highest BCUT2D eigenvalue weighted by atomic mass is 14.7. The van der Waals surface area contributed by atoms with Gasteiger partial charge in [-0.2, -0.15) is 0 Å². The summed E-state index contributed by atoms with van der Waals surface area (Å²) in [7, 11) is 0. The summed E-state index contributed by atoms with van der Waals surface area (Å²) < 4.78 is 0. The number of benzene rings is 5. The van der Waals surface area contributed by atoms with Crippen LogP contribution in [0.15, 0.2) is 121 Å². The molecule has 1 nitrogen and oxygen atoms in total. The Balaban J connectivity index is 1.32. The van der Waals surface area contributed by atoms with Crippen LogP contribution in [0.1, 0.15) is 120 Å². The summed E-state index contributed by atoms with van der Waals surface area (Å²) in [6.07, 6.45) is 18.4. The Kier molecular flexibility index (Phi) is 11.7. The quantitative estimate of drug-likeness (QED) is 0.0872. The Morgan fingerprint density at radius 3 is 1.65 bits per heavy atom. The Morgan fingerprint density at radius 1 is 0.442 bits per heavy atom. The largest absolute Gasteiger partial charge is 0.248 e. The van der Waals surface area contributed by atoms with E-state index in [0.29, 0.717) is 0 Å². The number of hydrogen-bond acceptors (Lipinski definition) is 1. The van der Waals surface area contributed by atoms with E-state index in [1.165, 1.54) is 145 Å². The minimum Gasteiger partial charge on any atom is -0.248 e. The van der Waals surface area contributed by atoms with Gasteiger partial charge in [-0.05, 0) is 88.5 Å². The van der Waals surface area contributed by atoms with Crippen molar-refractivity contribution in [2.45, 2.75) is 116 Å². The number of fused-ring (bicyclic) bond motifs is 4. The number of aromatic nitrogens is 1. The fraction of sp³-hybridized carbons (Fsp3) is 0.353. The minimum atomic E-state index is 0.0475. The van der Waals surface area contributed by atoms with Crippen molar-refractivity contribution in [2.24, 2.45) is 0 Å². The molecule has 6 aromatic rings. The first-order valence-electron chi connectivity index (χ1n) is 20.4. The molecule has 1 aliphatic rings. The van der Waals surface area contributed by atoms with Crippen LogP contribution in [-0.4, -0.2) is 4.98 Å². The zero-order chi connectivity index (χ0) is 35.8. The van der Waals surface area contributed by atoms with E-state index in [2.05, 4.69) is 142 Å². The van der Waals surface area contributed by atoms with Gasteiger partial charge in [0.2, 0.25) is 0 Å². The summed E-state index contributed by atoms with van der Waals surface area (Å²) in [5.74, 6) is 0. The summed E-state index contributed by atoms with van der Waals surface area (Å²) >= 11 is 0. The molecule has 0 radical (unpaired) electrons. The third-order valence-corrected chi connectivity index (χ3v) is 11.7. The van der Waals surface area contributed by atoms with Gasteiger partial charge in [0, 0.05) is 16.4 Å². The van der Waals surface area contributed by atoms with E-state index in [0.717, 1.165) is 11.2 Å². The number of rotatable bonds is 17. The molecule has 0 aliphatic heterocycles. The molecule has 266 valence electrons. The van der Waals surface area contributed by atoms with E-state index in [9.17, 15) is 0 Å². The number of aryl methyl sites for hydroxylation is 1. The molecule has 0 saturated heterocycles. The lowest BCUT2D eigenvalue weighted by atomic mass is 9.70. The van der Waals surface area contributed by atoms with Crippen molar-refractivity contribution in [1.82, 2.24) is 4.98 Å². The lowest BCUT2D eigenvalue weighted by Gasteiger charge is -2.33. The van der Waals surface area contributed by atoms with Gasteiger partial charge >= 0.3 is 0 Å². The standard InChI is InChI=1S/C51H57N/c1-4-6-8-10-12-20-32-51(33-21-13-11-9-7-5-2)47-34-38(3)26-29-43(47)44-30-27-42(36-48(44)51)50-37-45(40-24-18-15-19-25-40)46-35-41(28-31-49(46)52-50)39-22-16-14-17-23-39/h14-19,22-31,34-37H,4-13,20-21,32-33H2,1-3H3. The second-order valence-electron chi connectivity index (χ2n) is 15.4. The zero-order valence-corrected chi connectivity index (χ0v) is 31.9. The molecular weight excluding hydrogens is 627 g/mol. The molecule has 0 saturated carbocycles. The average Bonchev–Trinajstić information content (AvgIpc) is 3.45. The molecular formula is C51H57N. The highest BCUT2D eigenvalue weighted by molar-refractivity contribution is 5.99. The van der Waals surface area contributed by atoms with E-state index in [-0.39, 0.29) is 5.41 Å². The van der Waals surface area contributed by atoms with Crippen LogP contribution in [0, 0.1) is 6.92 Å². The fourth-order valence-electron chi connectivity index (χ4n) is 8.89. The first-order valence-corrected chi connectivity index (χ1v) is 20.4. The molecule has 0 spiro atoms. The van der Waals surface area contributed by atoms with Gasteiger partial charge < -0.3 is 0 Å². The molecule has 0 N–H and O–H groups in total. The van der Waals surface area contributed by atoms with Crippen molar-refractivity contribution in [3.63, 3.8) is 0 Å². The van der Waals surface area contributed by atoms with E-state index in [1.54, 1.807) is 5.56 Å². The Morgan fingerprint density at radius 2 is 1.00 bits per heavy atom. The maximum Gasteiger partial charge on any atom is 0.0716 e. The van der Waals surface area contributed by atoms with E-state index in [4.69, 9.17) is 4.98 Å². The van der Waals surface area contributed by atoms with Crippen molar-refractivity contribution in [2.75, 3.05) is 0 Å². The molecule has 0 amide bonds. The lowest BCUT2D eigenvalue weighted by Crippen LogP contribution is -2.25. The third-order valence-electron chi connectivity index (χ3n) is 11.7. The van der Waals surface area contributed by atoms with Crippen molar-refractivity contribution in [3.8, 4) is 44.6 Å². The number of unbranched alkanes of at least 4 members (excludes halogenated alkanes) is 10. The van der Waals surface area contributed by atoms with Crippen LogP contribution >= 0.6 is 0 Å². The van der Waals surface area contributed by atoms with Crippen molar-refractivity contribution in [1.29, 1.82) is 0 Å². The average molecular weight is 684 g/mol. The van der Waals surface area contributed by atoms with Gasteiger partial charge in [0.25, 0.3) is 0 Å². The van der Waals surface area contributed by atoms with Crippen LogP contribution in [0.25, 0.3) is 55.5 Å². The van der Waals surface area contributed by atoms with Gasteiger partial charge in [0.15, 0.2) is 0 Å². The summed E-state index contributed by atoms with van der Waals surface area (Å²) in [5, 5.41) is 1.20. The first-order chi connectivity index (χ1) is 25.6. The molecule has 1 aromatic heterocycles. The molecule has 1 aliphatic carbocycles. The van der Waals surface area contributed by atoms with E-state index >= 15 is 0 Å². The van der Waals surface area contributed by atoms with Gasteiger partial charge in [-0.25, -0.2) is 4.98 Å². The van der Waals surface area contributed by atoms with Crippen LogP contribution in [0.2, 0.25) is 0 Å². The van der Waals surface area contributed by atoms with Gasteiger partial charge in [-0.1, -0.05) is 194 Å². The van der Waals surface area contributed by atoms with Crippen molar-refractivity contribution in [3.05, 3.63) is 138 Å². The molecule has 0 unspecified atom stereocenters. The normalized spacial score (nSPS) is 13.0. The minimum absolute atomic E-state index is 0.0475. The molecule has 1 heteroatoms. The van der Waals surface area contributed by atoms with Gasteiger partial charge in [-0.3, -0.25) is 0 Å². The maximum atomic E-state index is 5.41. The molecule has 7 rings (SSSR count). The maximum absolute atomic E-state index is 5.41. The smallest absolute Gasteiger partial charge is 0.0716 e. The Bertz CT molecular complexity index is 2060. The lowest BCUT2D eigenvalue weighted by molar-refractivity contribution is 0.398. The van der Waals surface area contributed by atoms with Crippen molar-refractivity contribution < 1.29 is 0 Å². The predicted molar refractivity (Wildman–Crippen MR) is 225 cm³/mol. The van der Waals surface area contributed by atoms with Crippen LogP contribution in [0.5, 0.6) is 0 Å². The Labute approximate surface area is 313 Å². The second kappa shape index (κ2) is 16.9. The molecule has 1 heterocycles. The fourth-order valence-corrected chi connectivity index (χ4v) is 8.89. The zero-order valence-electron chi connectivity index (χ0n) is 31.9. The monoisotopic (exact) mass is 683 g/mol. The number of hydrogen-bond donors (Lipinski definition) is 0.